The molecule has 1 aliphatic rings. The Morgan fingerprint density at radius 1 is 1.52 bits per heavy atom. The molecule has 2 N–H and O–H groups in total. The molecule has 3 rings (SSSR count). The minimum atomic E-state index is -0.906. The first-order valence-corrected chi connectivity index (χ1v) is 7.00. The summed E-state index contributed by atoms with van der Waals surface area (Å²) < 4.78 is 5.43. The third kappa shape index (κ3) is 2.44. The summed E-state index contributed by atoms with van der Waals surface area (Å²) in [7, 11) is 0. The van der Waals surface area contributed by atoms with E-state index in [0.717, 1.165) is 16.6 Å². The second-order valence-corrected chi connectivity index (χ2v) is 5.40. The Kier molecular flexibility index (Phi) is 3.50. The van der Waals surface area contributed by atoms with Gasteiger partial charge in [0, 0.05) is 31.2 Å². The van der Waals surface area contributed by atoms with Crippen LogP contribution in [0.25, 0.3) is 10.9 Å². The standard InChI is InChI=1S/C16H17N3O2/c1-11-16(20,6-7-21-11)10-19-15-12(8-17)9-18-14-5-3-2-4-13(14)15/h2-5,9,11,20H,6-7,10H2,1H3,(H,18,19). The van der Waals surface area contributed by atoms with Gasteiger partial charge in [0.15, 0.2) is 0 Å². The largest absolute Gasteiger partial charge is 0.385 e. The van der Waals surface area contributed by atoms with E-state index in [1.807, 2.05) is 31.2 Å². The number of para-hydroxylation sites is 1. The number of benzene rings is 1. The van der Waals surface area contributed by atoms with Crippen LogP contribution in [0.15, 0.2) is 30.5 Å². The van der Waals surface area contributed by atoms with Gasteiger partial charge in [-0.1, -0.05) is 18.2 Å². The minimum absolute atomic E-state index is 0.219. The maximum Gasteiger partial charge on any atom is 0.110 e. The smallest absolute Gasteiger partial charge is 0.110 e. The van der Waals surface area contributed by atoms with Crippen LogP contribution in [-0.2, 0) is 4.74 Å². The van der Waals surface area contributed by atoms with Crippen molar-refractivity contribution in [2.45, 2.75) is 25.0 Å². The third-order valence-corrected chi connectivity index (χ3v) is 4.13. The van der Waals surface area contributed by atoms with Crippen LogP contribution in [0, 0.1) is 11.3 Å². The number of aromatic nitrogens is 1. The van der Waals surface area contributed by atoms with E-state index in [1.54, 1.807) is 6.20 Å². The SMILES string of the molecule is CC1OCCC1(O)CNc1c(C#N)cnc2ccccc12. The first kappa shape index (κ1) is 13.8. The van der Waals surface area contributed by atoms with Gasteiger partial charge >= 0.3 is 0 Å². The Bertz CT molecular complexity index is 710. The molecule has 0 bridgehead atoms. The summed E-state index contributed by atoms with van der Waals surface area (Å²) in [5.74, 6) is 0. The molecule has 5 heteroatoms. The molecule has 2 aromatic rings. The summed E-state index contributed by atoms with van der Waals surface area (Å²) in [6.07, 6.45) is 1.93. The summed E-state index contributed by atoms with van der Waals surface area (Å²) in [5, 5.41) is 23.9. The molecule has 2 heterocycles. The first-order valence-electron chi connectivity index (χ1n) is 7.00. The highest BCUT2D eigenvalue weighted by Gasteiger charge is 2.39. The first-order chi connectivity index (χ1) is 10.1. The molecule has 0 spiro atoms. The van der Waals surface area contributed by atoms with Crippen LogP contribution in [0.1, 0.15) is 18.9 Å². The van der Waals surface area contributed by atoms with E-state index in [0.29, 0.717) is 25.1 Å². The van der Waals surface area contributed by atoms with Crippen molar-refractivity contribution in [2.24, 2.45) is 0 Å². The molecule has 1 fully saturated rings. The number of pyridine rings is 1. The summed E-state index contributed by atoms with van der Waals surface area (Å²) in [6.45, 7) is 2.77. The summed E-state index contributed by atoms with van der Waals surface area (Å²) >= 11 is 0. The number of rotatable bonds is 3. The Hall–Kier alpha value is -2.16. The van der Waals surface area contributed by atoms with Crippen LogP contribution in [0.3, 0.4) is 0 Å². The Balaban J connectivity index is 1.94. The normalized spacial score (nSPS) is 24.9. The lowest BCUT2D eigenvalue weighted by Gasteiger charge is -2.27. The van der Waals surface area contributed by atoms with Gasteiger partial charge in [0.2, 0.25) is 0 Å². The van der Waals surface area contributed by atoms with Gasteiger partial charge in [0.1, 0.15) is 11.7 Å². The van der Waals surface area contributed by atoms with Crippen LogP contribution >= 0.6 is 0 Å². The lowest BCUT2D eigenvalue weighted by atomic mass is 9.96. The summed E-state index contributed by atoms with van der Waals surface area (Å²) in [6, 6.07) is 9.79. The topological polar surface area (TPSA) is 78.2 Å². The molecular weight excluding hydrogens is 266 g/mol. The lowest BCUT2D eigenvalue weighted by Crippen LogP contribution is -2.43. The van der Waals surface area contributed by atoms with E-state index in [9.17, 15) is 10.4 Å². The predicted octanol–water partition coefficient (Wildman–Crippen LogP) is 2.06. The molecule has 5 nitrogen and oxygen atoms in total. The zero-order valence-electron chi connectivity index (χ0n) is 11.8. The van der Waals surface area contributed by atoms with Gasteiger partial charge in [-0.2, -0.15) is 5.26 Å². The Morgan fingerprint density at radius 2 is 2.33 bits per heavy atom. The van der Waals surface area contributed by atoms with Crippen LogP contribution in [0.5, 0.6) is 0 Å². The quantitative estimate of drug-likeness (QED) is 0.901. The molecule has 1 saturated heterocycles. The number of nitrogens with zero attached hydrogens (tertiary/aromatic N) is 2. The maximum absolute atomic E-state index is 10.6. The highest BCUT2D eigenvalue weighted by molar-refractivity contribution is 5.93. The molecule has 2 unspecified atom stereocenters. The van der Waals surface area contributed by atoms with E-state index in [2.05, 4.69) is 16.4 Å². The Morgan fingerprint density at radius 3 is 3.05 bits per heavy atom. The molecule has 2 atom stereocenters. The van der Waals surface area contributed by atoms with Crippen LogP contribution in [0.4, 0.5) is 5.69 Å². The lowest BCUT2D eigenvalue weighted by molar-refractivity contribution is -0.0175. The zero-order chi connectivity index (χ0) is 14.9. The van der Waals surface area contributed by atoms with Gasteiger partial charge in [-0.25, -0.2) is 0 Å². The van der Waals surface area contributed by atoms with Gasteiger partial charge in [0.25, 0.3) is 0 Å². The van der Waals surface area contributed by atoms with Crippen molar-refractivity contribution < 1.29 is 9.84 Å². The number of nitriles is 1. The van der Waals surface area contributed by atoms with E-state index in [1.165, 1.54) is 0 Å². The van der Waals surface area contributed by atoms with Crippen LogP contribution in [-0.4, -0.2) is 34.9 Å². The van der Waals surface area contributed by atoms with Gasteiger partial charge in [-0.05, 0) is 13.0 Å². The van der Waals surface area contributed by atoms with Gasteiger partial charge in [-0.3, -0.25) is 4.98 Å². The predicted molar refractivity (Wildman–Crippen MR) is 79.9 cm³/mol. The second kappa shape index (κ2) is 5.32. The van der Waals surface area contributed by atoms with E-state index in [-0.39, 0.29) is 6.10 Å². The average Bonchev–Trinajstić information content (AvgIpc) is 2.84. The third-order valence-electron chi connectivity index (χ3n) is 4.13. The number of fused-ring (bicyclic) bond motifs is 1. The average molecular weight is 283 g/mol. The molecule has 0 radical (unpaired) electrons. The van der Waals surface area contributed by atoms with Gasteiger partial charge in [0.05, 0.1) is 22.9 Å². The zero-order valence-corrected chi connectivity index (χ0v) is 11.8. The van der Waals surface area contributed by atoms with Crippen molar-refractivity contribution in [1.82, 2.24) is 4.98 Å². The summed E-state index contributed by atoms with van der Waals surface area (Å²) in [5.41, 5.74) is 1.11. The van der Waals surface area contributed by atoms with Crippen LogP contribution in [0.2, 0.25) is 0 Å². The molecule has 1 aromatic heterocycles. The van der Waals surface area contributed by atoms with Gasteiger partial charge in [-0.15, -0.1) is 0 Å². The van der Waals surface area contributed by atoms with Crippen molar-refractivity contribution in [3.63, 3.8) is 0 Å². The number of nitrogens with one attached hydrogen (secondary N) is 1. The molecule has 0 amide bonds. The van der Waals surface area contributed by atoms with E-state index >= 15 is 0 Å². The van der Waals surface area contributed by atoms with Crippen molar-refractivity contribution in [3.05, 3.63) is 36.0 Å². The van der Waals surface area contributed by atoms with Crippen molar-refractivity contribution in [1.29, 1.82) is 5.26 Å². The molecule has 0 saturated carbocycles. The second-order valence-electron chi connectivity index (χ2n) is 5.40. The maximum atomic E-state index is 10.6. The van der Waals surface area contributed by atoms with E-state index in [4.69, 9.17) is 4.74 Å². The molecule has 21 heavy (non-hydrogen) atoms. The fourth-order valence-electron chi connectivity index (χ4n) is 2.66. The number of ether oxygens (including phenoxy) is 1. The summed E-state index contributed by atoms with van der Waals surface area (Å²) in [4.78, 5) is 4.28. The molecule has 108 valence electrons. The number of hydrogen-bond acceptors (Lipinski definition) is 5. The van der Waals surface area contributed by atoms with Crippen LogP contribution < -0.4 is 5.32 Å². The molecule has 1 aromatic carbocycles. The van der Waals surface area contributed by atoms with Crippen molar-refractivity contribution >= 4 is 16.6 Å². The van der Waals surface area contributed by atoms with E-state index < -0.39 is 5.60 Å². The minimum Gasteiger partial charge on any atom is -0.385 e. The van der Waals surface area contributed by atoms with Crippen molar-refractivity contribution in [2.75, 3.05) is 18.5 Å². The monoisotopic (exact) mass is 283 g/mol. The molecular formula is C16H17N3O2. The fraction of sp³-hybridized carbons (Fsp3) is 0.375. The number of aliphatic hydroxyl groups is 1. The highest BCUT2D eigenvalue weighted by atomic mass is 16.5. The Labute approximate surface area is 123 Å². The number of anilines is 1. The fourth-order valence-corrected chi connectivity index (χ4v) is 2.66. The number of hydrogen-bond donors (Lipinski definition) is 2. The van der Waals surface area contributed by atoms with Gasteiger partial charge < -0.3 is 15.2 Å². The highest BCUT2D eigenvalue weighted by Crippen LogP contribution is 2.29. The molecule has 1 aliphatic heterocycles. The van der Waals surface area contributed by atoms with Crippen molar-refractivity contribution in [3.8, 4) is 6.07 Å². The molecule has 0 aliphatic carbocycles.